The fourth-order valence-corrected chi connectivity index (χ4v) is 7.28. The van der Waals surface area contributed by atoms with Crippen molar-refractivity contribution in [3.63, 3.8) is 0 Å². The molecule has 340 valence electrons. The van der Waals surface area contributed by atoms with Crippen molar-refractivity contribution >= 4 is 11.9 Å². The van der Waals surface area contributed by atoms with Crippen molar-refractivity contribution < 1.29 is 49.0 Å². The minimum absolute atomic E-state index is 0.190. The number of esters is 2. The maximum Gasteiger partial charge on any atom is 0.306 e. The predicted octanol–water partition coefficient (Wildman–Crippen LogP) is 10.5. The van der Waals surface area contributed by atoms with Crippen LogP contribution in [0.4, 0.5) is 0 Å². The molecular formula is C48H88O10. The number of hydrogen-bond donors (Lipinski definition) is 4. The van der Waals surface area contributed by atoms with E-state index in [1.807, 2.05) is 0 Å². The molecule has 6 atom stereocenters. The number of aliphatic hydroxyl groups excluding tert-OH is 4. The normalized spacial score (nSPS) is 20.3. The first-order valence-electron chi connectivity index (χ1n) is 23.9. The second-order valence-corrected chi connectivity index (χ2v) is 16.6. The molecule has 1 rings (SSSR count). The Morgan fingerprint density at radius 2 is 0.966 bits per heavy atom. The van der Waals surface area contributed by atoms with Gasteiger partial charge in [0.15, 0.2) is 12.4 Å². The molecule has 2 unspecified atom stereocenters. The molecule has 0 aromatic heterocycles. The molecule has 0 radical (unpaired) electrons. The van der Waals surface area contributed by atoms with E-state index >= 15 is 0 Å². The number of ether oxygens (including phenoxy) is 4. The molecule has 1 saturated heterocycles. The molecule has 1 aliphatic heterocycles. The first-order valence-corrected chi connectivity index (χ1v) is 23.9. The second-order valence-electron chi connectivity index (χ2n) is 16.6. The summed E-state index contributed by atoms with van der Waals surface area (Å²) in [5.74, 6) is -0.835. The Morgan fingerprint density at radius 3 is 1.47 bits per heavy atom. The lowest BCUT2D eigenvalue weighted by Crippen LogP contribution is -2.59. The zero-order valence-corrected chi connectivity index (χ0v) is 37.1. The van der Waals surface area contributed by atoms with E-state index in [4.69, 9.17) is 18.9 Å². The van der Waals surface area contributed by atoms with Crippen molar-refractivity contribution in [2.45, 2.75) is 250 Å². The molecular weight excluding hydrogens is 737 g/mol. The predicted molar refractivity (Wildman–Crippen MR) is 233 cm³/mol. The highest BCUT2D eigenvalue weighted by molar-refractivity contribution is 5.70. The molecule has 10 heteroatoms. The van der Waals surface area contributed by atoms with Crippen molar-refractivity contribution in [2.24, 2.45) is 0 Å². The van der Waals surface area contributed by atoms with Gasteiger partial charge in [0.1, 0.15) is 31.0 Å². The molecule has 0 bridgehead atoms. The van der Waals surface area contributed by atoms with Crippen LogP contribution >= 0.6 is 0 Å². The van der Waals surface area contributed by atoms with Crippen LogP contribution in [0.15, 0.2) is 24.3 Å². The van der Waals surface area contributed by atoms with Crippen LogP contribution in [0.1, 0.15) is 213 Å². The van der Waals surface area contributed by atoms with E-state index in [1.54, 1.807) is 0 Å². The Bertz CT molecular complexity index is 1000. The van der Waals surface area contributed by atoms with E-state index in [-0.39, 0.29) is 32.0 Å². The standard InChI is InChI=1S/C48H88O10/c1-3-5-7-9-11-13-15-17-19-20-21-23-24-26-28-30-32-34-36-43(50)55-39-41(40-56-48-47(54)46(53)45(52)42(38-49)58-48)57-44(51)37-35-33-31-29-27-25-22-18-16-14-12-10-8-6-4-2/h18,22,27,29,41-42,45-49,52-54H,3-17,19-21,23-26,28,30-40H2,1-2H3/b22-18+,29-27+/t41-,42-,45+,46?,47?,48-/m0/s1. The van der Waals surface area contributed by atoms with Gasteiger partial charge in [0, 0.05) is 12.8 Å². The maximum absolute atomic E-state index is 12.8. The molecule has 4 N–H and O–H groups in total. The summed E-state index contributed by atoms with van der Waals surface area (Å²) in [4.78, 5) is 25.3. The monoisotopic (exact) mass is 825 g/mol. The fraction of sp³-hybridized carbons (Fsp3) is 0.875. The van der Waals surface area contributed by atoms with Crippen LogP contribution in [0.5, 0.6) is 0 Å². The average Bonchev–Trinajstić information content (AvgIpc) is 3.22. The SMILES string of the molecule is CCCCCCCC/C=C/C/C=C/CCCCC(=O)O[C@@H](COC(=O)CCCCCCCCCCCCCCCCCCCC)CO[C@H]1O[C@@H](CO)[C@@H](O)C(O)C1O. The summed E-state index contributed by atoms with van der Waals surface area (Å²) in [5.41, 5.74) is 0. The summed E-state index contributed by atoms with van der Waals surface area (Å²) in [7, 11) is 0. The van der Waals surface area contributed by atoms with E-state index in [0.29, 0.717) is 6.42 Å². The van der Waals surface area contributed by atoms with Crippen LogP contribution in [-0.4, -0.2) is 89.0 Å². The van der Waals surface area contributed by atoms with E-state index < -0.39 is 49.4 Å². The van der Waals surface area contributed by atoms with Crippen molar-refractivity contribution in [1.29, 1.82) is 0 Å². The number of rotatable bonds is 40. The summed E-state index contributed by atoms with van der Waals surface area (Å²) < 4.78 is 22.2. The lowest BCUT2D eigenvalue weighted by atomic mass is 9.99. The lowest BCUT2D eigenvalue weighted by Gasteiger charge is -2.39. The van der Waals surface area contributed by atoms with Crippen molar-refractivity contribution in [3.8, 4) is 0 Å². The highest BCUT2D eigenvalue weighted by Crippen LogP contribution is 2.23. The molecule has 0 aromatic rings. The Hall–Kier alpha value is -1.82. The van der Waals surface area contributed by atoms with Gasteiger partial charge >= 0.3 is 11.9 Å². The maximum atomic E-state index is 12.8. The molecule has 10 nitrogen and oxygen atoms in total. The molecule has 0 aliphatic carbocycles. The summed E-state index contributed by atoms with van der Waals surface area (Å²) in [6, 6.07) is 0. The largest absolute Gasteiger partial charge is 0.462 e. The molecule has 58 heavy (non-hydrogen) atoms. The number of carbonyl (C=O) groups excluding carboxylic acids is 2. The fourth-order valence-electron chi connectivity index (χ4n) is 7.28. The molecule has 1 heterocycles. The molecule has 0 saturated carbocycles. The van der Waals surface area contributed by atoms with Crippen LogP contribution in [-0.2, 0) is 28.5 Å². The number of hydrogen-bond acceptors (Lipinski definition) is 10. The number of unbranched alkanes of at least 4 members (excludes halogenated alkanes) is 25. The van der Waals surface area contributed by atoms with Crippen LogP contribution < -0.4 is 0 Å². The van der Waals surface area contributed by atoms with Crippen molar-refractivity contribution in [2.75, 3.05) is 19.8 Å². The van der Waals surface area contributed by atoms with E-state index in [2.05, 4.69) is 38.2 Å². The van der Waals surface area contributed by atoms with Crippen molar-refractivity contribution in [3.05, 3.63) is 24.3 Å². The van der Waals surface area contributed by atoms with Gasteiger partial charge in [-0.3, -0.25) is 9.59 Å². The molecule has 1 aliphatic rings. The molecule has 0 amide bonds. The average molecular weight is 825 g/mol. The van der Waals surface area contributed by atoms with Gasteiger partial charge in [-0.2, -0.15) is 0 Å². The highest BCUT2D eigenvalue weighted by Gasteiger charge is 2.44. The van der Waals surface area contributed by atoms with E-state index in [0.717, 1.165) is 44.9 Å². The Labute approximate surface area is 353 Å². The number of carbonyl (C=O) groups is 2. The second kappa shape index (κ2) is 39.3. The van der Waals surface area contributed by atoms with E-state index in [1.165, 1.54) is 135 Å². The zero-order chi connectivity index (χ0) is 42.3. The third kappa shape index (κ3) is 30.2. The van der Waals surface area contributed by atoms with Gasteiger partial charge in [-0.05, 0) is 44.9 Å². The van der Waals surface area contributed by atoms with Gasteiger partial charge < -0.3 is 39.4 Å². The van der Waals surface area contributed by atoms with Crippen LogP contribution in [0.2, 0.25) is 0 Å². The summed E-state index contributed by atoms with van der Waals surface area (Å²) in [6.07, 6.45) is 36.2. The molecule has 1 fully saturated rings. The van der Waals surface area contributed by atoms with Gasteiger partial charge in [-0.15, -0.1) is 0 Å². The first-order chi connectivity index (χ1) is 28.3. The van der Waals surface area contributed by atoms with Gasteiger partial charge in [-0.25, -0.2) is 0 Å². The van der Waals surface area contributed by atoms with Gasteiger partial charge in [0.05, 0.1) is 13.2 Å². The topological polar surface area (TPSA) is 152 Å². The first kappa shape index (κ1) is 54.2. The smallest absolute Gasteiger partial charge is 0.306 e. The number of aliphatic hydroxyl groups is 4. The van der Waals surface area contributed by atoms with Crippen LogP contribution in [0.3, 0.4) is 0 Å². The summed E-state index contributed by atoms with van der Waals surface area (Å²) in [5, 5.41) is 40.1. The van der Waals surface area contributed by atoms with Gasteiger partial charge in [0.25, 0.3) is 0 Å². The summed E-state index contributed by atoms with van der Waals surface area (Å²) >= 11 is 0. The van der Waals surface area contributed by atoms with Crippen LogP contribution in [0, 0.1) is 0 Å². The summed E-state index contributed by atoms with van der Waals surface area (Å²) in [6.45, 7) is 3.41. The lowest BCUT2D eigenvalue weighted by molar-refractivity contribution is -0.305. The van der Waals surface area contributed by atoms with Crippen molar-refractivity contribution in [1.82, 2.24) is 0 Å². The van der Waals surface area contributed by atoms with Gasteiger partial charge in [-0.1, -0.05) is 179 Å². The van der Waals surface area contributed by atoms with Gasteiger partial charge in [0.2, 0.25) is 0 Å². The quantitative estimate of drug-likeness (QED) is 0.0267. The molecule has 0 spiro atoms. The van der Waals surface area contributed by atoms with E-state index in [9.17, 15) is 30.0 Å². The highest BCUT2D eigenvalue weighted by atomic mass is 16.7. The van der Waals surface area contributed by atoms with Crippen LogP contribution in [0.25, 0.3) is 0 Å². The minimum atomic E-state index is -1.60. The zero-order valence-electron chi connectivity index (χ0n) is 37.1. The Morgan fingerprint density at radius 1 is 0.534 bits per heavy atom. The Kier molecular flexibility index (Phi) is 36.7. The Balaban J connectivity index is 2.31. The third-order valence-corrected chi connectivity index (χ3v) is 11.1. The number of allylic oxidation sites excluding steroid dienone is 4. The third-order valence-electron chi connectivity index (χ3n) is 11.1. The minimum Gasteiger partial charge on any atom is -0.462 e. The molecule has 0 aromatic carbocycles.